The molecule has 0 radical (unpaired) electrons. The summed E-state index contributed by atoms with van der Waals surface area (Å²) in [6.45, 7) is 14.9. The number of hydrogen-bond donors (Lipinski definition) is 0. The zero-order valence-electron chi connectivity index (χ0n) is 25.9. The van der Waals surface area contributed by atoms with E-state index in [0.717, 1.165) is 63.5 Å². The van der Waals surface area contributed by atoms with E-state index in [0.29, 0.717) is 12.5 Å². The maximum Gasteiger partial charge on any atom is 0.312 e. The Hall–Kier alpha value is -1.95. The molecule has 3 saturated carbocycles. The first-order valence-electron chi connectivity index (χ1n) is 15.5. The molecule has 6 nitrogen and oxygen atoms in total. The van der Waals surface area contributed by atoms with E-state index in [1.54, 1.807) is 7.11 Å². The van der Waals surface area contributed by atoms with Crippen molar-refractivity contribution in [2.75, 3.05) is 20.8 Å². The fourth-order valence-electron chi connectivity index (χ4n) is 11.3. The van der Waals surface area contributed by atoms with Gasteiger partial charge in [0.2, 0.25) is 0 Å². The molecule has 3 fully saturated rings. The number of esters is 1. The molecule has 0 aliphatic heterocycles. The zero-order valence-corrected chi connectivity index (χ0v) is 25.9. The third-order valence-electron chi connectivity index (χ3n) is 13.6. The molecule has 5 aliphatic carbocycles. The normalized spacial score (nSPS) is 45.2. The Kier molecular flexibility index (Phi) is 6.19. The molecule has 0 saturated heterocycles. The number of ether oxygens (including phenoxy) is 2. The van der Waals surface area contributed by atoms with Crippen molar-refractivity contribution in [1.82, 2.24) is 5.16 Å². The minimum Gasteiger partial charge on any atom is -0.469 e. The van der Waals surface area contributed by atoms with Crippen molar-refractivity contribution in [1.29, 1.82) is 0 Å². The number of carbonyl (C=O) groups excluding carboxylic acids is 2. The van der Waals surface area contributed by atoms with E-state index in [2.05, 4.69) is 52.8 Å². The molecule has 1 heterocycles. The monoisotopic (exact) mass is 551 g/mol. The van der Waals surface area contributed by atoms with Gasteiger partial charge >= 0.3 is 5.97 Å². The molecule has 0 aromatic carbocycles. The third-order valence-corrected chi connectivity index (χ3v) is 13.6. The largest absolute Gasteiger partial charge is 0.469 e. The summed E-state index contributed by atoms with van der Waals surface area (Å²) in [5.74, 6) is 1.32. The van der Waals surface area contributed by atoms with Crippen molar-refractivity contribution in [3.05, 3.63) is 29.2 Å². The van der Waals surface area contributed by atoms with Crippen molar-refractivity contribution in [3.8, 4) is 0 Å². The summed E-state index contributed by atoms with van der Waals surface area (Å²) in [7, 11) is 3.28. The molecule has 40 heavy (non-hydrogen) atoms. The van der Waals surface area contributed by atoms with Crippen LogP contribution in [0.5, 0.6) is 0 Å². The number of allylic oxidation sites excluding steroid dienone is 2. The van der Waals surface area contributed by atoms with Gasteiger partial charge in [0.15, 0.2) is 5.78 Å². The molecule has 8 atom stereocenters. The first-order chi connectivity index (χ1) is 18.7. The van der Waals surface area contributed by atoms with Gasteiger partial charge in [-0.25, -0.2) is 0 Å². The Bertz CT molecular complexity index is 1260. The number of ketones is 1. The van der Waals surface area contributed by atoms with Gasteiger partial charge in [-0.1, -0.05) is 52.3 Å². The van der Waals surface area contributed by atoms with Crippen LogP contribution in [0.4, 0.5) is 0 Å². The molecule has 1 aromatic heterocycles. The number of carbonyl (C=O) groups is 2. The van der Waals surface area contributed by atoms with Gasteiger partial charge in [0, 0.05) is 30.6 Å². The van der Waals surface area contributed by atoms with E-state index < -0.39 is 5.41 Å². The SMILES string of the molecule is COCC[C@]1(C)c2oncc2C[C@]2(C)C3=CC(=O)[C@@H]4[C@@H]5CC(C)(C)CC[C@]5(C(=O)OC)CC[C@@]4(C)[C@]3(C)CCC21. The van der Waals surface area contributed by atoms with Crippen LogP contribution in [-0.4, -0.2) is 37.7 Å². The predicted molar refractivity (Wildman–Crippen MR) is 152 cm³/mol. The van der Waals surface area contributed by atoms with E-state index >= 15 is 0 Å². The van der Waals surface area contributed by atoms with Crippen LogP contribution in [0.1, 0.15) is 104 Å². The second-order valence-corrected chi connectivity index (χ2v) is 15.8. The van der Waals surface area contributed by atoms with Crippen LogP contribution in [0.25, 0.3) is 0 Å². The van der Waals surface area contributed by atoms with Crippen molar-refractivity contribution in [3.63, 3.8) is 0 Å². The molecule has 1 unspecified atom stereocenters. The Morgan fingerprint density at radius 3 is 2.48 bits per heavy atom. The van der Waals surface area contributed by atoms with Crippen LogP contribution in [0, 0.1) is 44.8 Å². The van der Waals surface area contributed by atoms with Gasteiger partial charge in [0.25, 0.3) is 0 Å². The maximum atomic E-state index is 14.6. The van der Waals surface area contributed by atoms with Crippen LogP contribution in [0.3, 0.4) is 0 Å². The first-order valence-corrected chi connectivity index (χ1v) is 15.5. The summed E-state index contributed by atoms with van der Waals surface area (Å²) >= 11 is 0. The molecule has 6 rings (SSSR count). The van der Waals surface area contributed by atoms with E-state index in [9.17, 15) is 9.59 Å². The van der Waals surface area contributed by atoms with Gasteiger partial charge in [-0.05, 0) is 97.4 Å². The van der Waals surface area contributed by atoms with Gasteiger partial charge in [0.05, 0.1) is 18.7 Å². The Labute approximate surface area is 240 Å². The lowest BCUT2D eigenvalue weighted by Gasteiger charge is -2.69. The number of rotatable bonds is 4. The summed E-state index contributed by atoms with van der Waals surface area (Å²) in [6, 6.07) is 0. The molecular weight excluding hydrogens is 502 g/mol. The Morgan fingerprint density at radius 1 is 1.05 bits per heavy atom. The Balaban J connectivity index is 1.49. The predicted octanol–water partition coefficient (Wildman–Crippen LogP) is 6.86. The molecule has 0 amide bonds. The van der Waals surface area contributed by atoms with Crippen LogP contribution >= 0.6 is 0 Å². The average Bonchev–Trinajstić information content (AvgIpc) is 3.37. The lowest BCUT2D eigenvalue weighted by atomic mass is 9.34. The molecule has 5 aliphatic rings. The lowest BCUT2D eigenvalue weighted by Crippen LogP contribution is -2.66. The number of fused-ring (bicyclic) bond motifs is 8. The van der Waals surface area contributed by atoms with E-state index in [-0.39, 0.29) is 50.7 Å². The molecule has 0 N–H and O–H groups in total. The second-order valence-electron chi connectivity index (χ2n) is 15.8. The molecule has 0 bridgehead atoms. The Morgan fingerprint density at radius 2 is 1.77 bits per heavy atom. The highest BCUT2D eigenvalue weighted by molar-refractivity contribution is 5.96. The molecule has 1 aromatic rings. The highest BCUT2D eigenvalue weighted by Crippen LogP contribution is 2.75. The standard InChI is InChI=1S/C34H49NO5/c1-29(2)11-13-34(28(37)39-8)14-12-33(6)26(22(34)19-29)23(36)17-25-31(4)18-21-20-35-40-27(21)30(3,15-16-38-7)24(31)9-10-32(25,33)5/h17,20,22,24,26H,9-16,18-19H2,1-8H3/t22-,24?,26-,30-,31-,32+,33+,34-/m0/s1. The van der Waals surface area contributed by atoms with Crippen molar-refractivity contribution >= 4 is 11.8 Å². The highest BCUT2D eigenvalue weighted by Gasteiger charge is 2.71. The molecule has 6 heteroatoms. The van der Waals surface area contributed by atoms with Crippen LogP contribution < -0.4 is 0 Å². The number of methoxy groups -OCH3 is 2. The maximum absolute atomic E-state index is 14.6. The zero-order chi connectivity index (χ0) is 28.9. The van der Waals surface area contributed by atoms with E-state index in [1.165, 1.54) is 18.2 Å². The van der Waals surface area contributed by atoms with Crippen molar-refractivity contribution < 1.29 is 23.6 Å². The van der Waals surface area contributed by atoms with Gasteiger partial charge in [-0.15, -0.1) is 0 Å². The van der Waals surface area contributed by atoms with Gasteiger partial charge in [-0.3, -0.25) is 9.59 Å². The first kappa shape index (κ1) is 28.2. The van der Waals surface area contributed by atoms with Crippen LogP contribution in [0.2, 0.25) is 0 Å². The van der Waals surface area contributed by atoms with Gasteiger partial charge in [0.1, 0.15) is 5.76 Å². The molecule has 220 valence electrons. The summed E-state index contributed by atoms with van der Waals surface area (Å²) in [4.78, 5) is 28.1. The topological polar surface area (TPSA) is 78.6 Å². The fraction of sp³-hybridized carbons (Fsp3) is 0.794. The summed E-state index contributed by atoms with van der Waals surface area (Å²) in [5, 5.41) is 4.26. The average molecular weight is 552 g/mol. The van der Waals surface area contributed by atoms with Gasteiger partial charge in [-0.2, -0.15) is 0 Å². The summed E-state index contributed by atoms with van der Waals surface area (Å²) < 4.78 is 17.0. The smallest absolute Gasteiger partial charge is 0.312 e. The second kappa shape index (κ2) is 8.78. The fourth-order valence-corrected chi connectivity index (χ4v) is 11.3. The minimum atomic E-state index is -0.548. The number of nitrogens with zero attached hydrogens (tertiary/aromatic N) is 1. The quantitative estimate of drug-likeness (QED) is 0.381. The van der Waals surface area contributed by atoms with Crippen molar-refractivity contribution in [2.45, 2.75) is 105 Å². The molecular formula is C34H49NO5. The minimum absolute atomic E-state index is 0.0121. The van der Waals surface area contributed by atoms with Crippen LogP contribution in [0.15, 0.2) is 22.4 Å². The van der Waals surface area contributed by atoms with Crippen LogP contribution in [-0.2, 0) is 30.9 Å². The lowest BCUT2D eigenvalue weighted by molar-refractivity contribution is -0.191. The molecule has 0 spiro atoms. The van der Waals surface area contributed by atoms with E-state index in [4.69, 9.17) is 14.0 Å². The third kappa shape index (κ3) is 3.40. The summed E-state index contributed by atoms with van der Waals surface area (Å²) in [6.07, 6.45) is 12.2. The van der Waals surface area contributed by atoms with Gasteiger partial charge < -0.3 is 14.0 Å². The summed E-state index contributed by atoms with van der Waals surface area (Å²) in [5.41, 5.74) is 1.33. The van der Waals surface area contributed by atoms with E-state index in [1.807, 2.05) is 6.20 Å². The number of hydrogen-bond acceptors (Lipinski definition) is 6. The number of aromatic nitrogens is 1. The highest BCUT2D eigenvalue weighted by atomic mass is 16.5. The van der Waals surface area contributed by atoms with Crippen molar-refractivity contribution in [2.24, 2.45) is 44.8 Å².